The minimum Gasteiger partial charge on any atom is -0.463 e. The molecule has 0 radical (unpaired) electrons. The van der Waals surface area contributed by atoms with Crippen LogP contribution in [0.3, 0.4) is 0 Å². The van der Waals surface area contributed by atoms with Crippen molar-refractivity contribution in [1.82, 2.24) is 0 Å². The van der Waals surface area contributed by atoms with Crippen molar-refractivity contribution in [3.63, 3.8) is 0 Å². The number of rotatable bonds is 32. The highest BCUT2D eigenvalue weighted by Crippen LogP contribution is 2.13. The number of hydrogen-bond donors (Lipinski definition) is 0. The van der Waals surface area contributed by atoms with Gasteiger partial charge in [0.25, 0.3) is 0 Å². The van der Waals surface area contributed by atoms with Gasteiger partial charge in [-0.05, 0) is 12.8 Å². The van der Waals surface area contributed by atoms with E-state index in [0.29, 0.717) is 46.1 Å². The molecule has 0 saturated carbocycles. The third-order valence-corrected chi connectivity index (χ3v) is 6.86. The maximum atomic E-state index is 11.7. The fourth-order valence-electron chi connectivity index (χ4n) is 4.45. The summed E-state index contributed by atoms with van der Waals surface area (Å²) in [5.41, 5.74) is 0. The van der Waals surface area contributed by atoms with Gasteiger partial charge in [-0.3, -0.25) is 4.79 Å². The van der Waals surface area contributed by atoms with Gasteiger partial charge in [0.2, 0.25) is 0 Å². The Morgan fingerprint density at radius 3 is 1.14 bits per heavy atom. The molecule has 0 heterocycles. The standard InChI is InChI=1S/C32H64O5/c1-3-5-7-9-11-12-13-14-15-16-17-19-21-23-25-34-26-27-35-28-29-36-30-31-37-32(33)24-22-20-18-10-8-6-4-2/h3-31H2,1-2H3. The highest BCUT2D eigenvalue weighted by Gasteiger charge is 2.02. The zero-order chi connectivity index (χ0) is 26.9. The van der Waals surface area contributed by atoms with E-state index in [-0.39, 0.29) is 5.97 Å². The fraction of sp³-hybridized carbons (Fsp3) is 0.969. The van der Waals surface area contributed by atoms with E-state index in [2.05, 4.69) is 13.8 Å². The monoisotopic (exact) mass is 528 g/mol. The van der Waals surface area contributed by atoms with Crippen LogP contribution in [0.5, 0.6) is 0 Å². The molecule has 0 rings (SSSR count). The Labute approximate surface area is 231 Å². The van der Waals surface area contributed by atoms with Crippen LogP contribution in [0, 0.1) is 0 Å². The second kappa shape index (κ2) is 33.4. The van der Waals surface area contributed by atoms with Gasteiger partial charge in [-0.2, -0.15) is 0 Å². The van der Waals surface area contributed by atoms with E-state index in [1.54, 1.807) is 0 Å². The number of unbranched alkanes of at least 4 members (excludes halogenated alkanes) is 19. The molecule has 0 aromatic carbocycles. The largest absolute Gasteiger partial charge is 0.463 e. The van der Waals surface area contributed by atoms with Gasteiger partial charge < -0.3 is 18.9 Å². The molecule has 37 heavy (non-hydrogen) atoms. The van der Waals surface area contributed by atoms with E-state index < -0.39 is 0 Å². The highest BCUT2D eigenvalue weighted by molar-refractivity contribution is 5.69. The Morgan fingerprint density at radius 2 is 0.703 bits per heavy atom. The van der Waals surface area contributed by atoms with Crippen LogP contribution >= 0.6 is 0 Å². The van der Waals surface area contributed by atoms with Crippen molar-refractivity contribution >= 4 is 5.97 Å². The predicted molar refractivity (Wildman–Crippen MR) is 156 cm³/mol. The molecular weight excluding hydrogens is 464 g/mol. The van der Waals surface area contributed by atoms with Gasteiger partial charge in [0.05, 0.1) is 33.0 Å². The minimum atomic E-state index is -0.107. The molecule has 0 aromatic rings. The summed E-state index contributed by atoms with van der Waals surface area (Å²) in [6, 6.07) is 0. The molecule has 0 spiro atoms. The molecule has 222 valence electrons. The molecule has 0 atom stereocenters. The van der Waals surface area contributed by atoms with Crippen LogP contribution in [0.25, 0.3) is 0 Å². The van der Waals surface area contributed by atoms with Crippen molar-refractivity contribution in [3.05, 3.63) is 0 Å². The van der Waals surface area contributed by atoms with Crippen LogP contribution in [0.2, 0.25) is 0 Å². The third-order valence-electron chi connectivity index (χ3n) is 6.86. The van der Waals surface area contributed by atoms with Crippen LogP contribution in [0.1, 0.15) is 155 Å². The average molecular weight is 529 g/mol. The van der Waals surface area contributed by atoms with E-state index in [1.807, 2.05) is 0 Å². The molecule has 0 amide bonds. The Kier molecular flexibility index (Phi) is 32.8. The number of carbonyl (C=O) groups is 1. The highest BCUT2D eigenvalue weighted by atomic mass is 16.6. The Balaban J connectivity index is 3.10. The molecule has 5 nitrogen and oxygen atoms in total. The van der Waals surface area contributed by atoms with Crippen LogP contribution in [0.4, 0.5) is 0 Å². The van der Waals surface area contributed by atoms with Crippen molar-refractivity contribution in [1.29, 1.82) is 0 Å². The zero-order valence-electron chi connectivity index (χ0n) is 25.0. The summed E-state index contributed by atoms with van der Waals surface area (Å²) in [6.45, 7) is 8.43. The quantitative estimate of drug-likeness (QED) is 0.0643. The fourth-order valence-corrected chi connectivity index (χ4v) is 4.45. The molecule has 0 unspecified atom stereocenters. The topological polar surface area (TPSA) is 54.0 Å². The first-order valence-electron chi connectivity index (χ1n) is 16.2. The molecule has 0 aromatic heterocycles. The summed E-state index contributed by atoms with van der Waals surface area (Å²) in [4.78, 5) is 11.7. The molecule has 0 saturated heterocycles. The van der Waals surface area contributed by atoms with Crippen LogP contribution < -0.4 is 0 Å². The molecule has 0 N–H and O–H groups in total. The van der Waals surface area contributed by atoms with Crippen molar-refractivity contribution in [2.24, 2.45) is 0 Å². The van der Waals surface area contributed by atoms with Crippen molar-refractivity contribution in [3.8, 4) is 0 Å². The molecule has 0 aliphatic heterocycles. The summed E-state index contributed by atoms with van der Waals surface area (Å²) in [6.07, 6.45) is 28.3. The first-order valence-corrected chi connectivity index (χ1v) is 16.2. The van der Waals surface area contributed by atoms with Crippen molar-refractivity contribution in [2.75, 3.05) is 46.2 Å². The molecule has 0 aliphatic rings. The summed E-state index contributed by atoms with van der Waals surface area (Å²) in [7, 11) is 0. The molecule has 0 bridgehead atoms. The second-order valence-corrected chi connectivity index (χ2v) is 10.5. The lowest BCUT2D eigenvalue weighted by Crippen LogP contribution is -2.14. The van der Waals surface area contributed by atoms with E-state index >= 15 is 0 Å². The smallest absolute Gasteiger partial charge is 0.305 e. The summed E-state index contributed by atoms with van der Waals surface area (Å²) in [5.74, 6) is -0.107. The molecule has 5 heteroatoms. The number of carbonyl (C=O) groups excluding carboxylic acids is 1. The lowest BCUT2D eigenvalue weighted by Gasteiger charge is -2.08. The Hall–Kier alpha value is -0.650. The number of ether oxygens (including phenoxy) is 4. The van der Waals surface area contributed by atoms with Crippen LogP contribution in [-0.4, -0.2) is 52.2 Å². The Bertz CT molecular complexity index is 429. The van der Waals surface area contributed by atoms with Gasteiger partial charge >= 0.3 is 5.97 Å². The SMILES string of the molecule is CCCCCCCCCCCCCCCCOCCOCCOCCOC(=O)CCCCCCCCC. The summed E-state index contributed by atoms with van der Waals surface area (Å²) >= 11 is 0. The lowest BCUT2D eigenvalue weighted by atomic mass is 10.0. The zero-order valence-corrected chi connectivity index (χ0v) is 25.0. The van der Waals surface area contributed by atoms with Crippen molar-refractivity contribution < 1.29 is 23.7 Å². The van der Waals surface area contributed by atoms with Crippen LogP contribution in [0.15, 0.2) is 0 Å². The lowest BCUT2D eigenvalue weighted by molar-refractivity contribution is -0.145. The van der Waals surface area contributed by atoms with E-state index in [4.69, 9.17) is 18.9 Å². The van der Waals surface area contributed by atoms with E-state index in [1.165, 1.54) is 116 Å². The molecule has 0 aliphatic carbocycles. The number of hydrogen-bond acceptors (Lipinski definition) is 5. The maximum Gasteiger partial charge on any atom is 0.305 e. The summed E-state index contributed by atoms with van der Waals surface area (Å²) in [5, 5.41) is 0. The van der Waals surface area contributed by atoms with Gasteiger partial charge in [0.1, 0.15) is 6.61 Å². The first-order chi connectivity index (χ1) is 18.3. The average Bonchev–Trinajstić information content (AvgIpc) is 2.90. The normalized spacial score (nSPS) is 11.3. The Morgan fingerprint density at radius 1 is 0.378 bits per heavy atom. The van der Waals surface area contributed by atoms with E-state index in [0.717, 1.165) is 25.9 Å². The molecular formula is C32H64O5. The maximum absolute atomic E-state index is 11.7. The predicted octanol–water partition coefficient (Wildman–Crippen LogP) is 9.20. The van der Waals surface area contributed by atoms with Gasteiger partial charge in [-0.25, -0.2) is 0 Å². The summed E-state index contributed by atoms with van der Waals surface area (Å²) < 4.78 is 21.8. The first kappa shape index (κ1) is 36.4. The van der Waals surface area contributed by atoms with Crippen molar-refractivity contribution in [2.45, 2.75) is 155 Å². The minimum absolute atomic E-state index is 0.107. The van der Waals surface area contributed by atoms with Gasteiger partial charge in [0, 0.05) is 13.0 Å². The van der Waals surface area contributed by atoms with Crippen LogP contribution in [-0.2, 0) is 23.7 Å². The number of esters is 1. The molecule has 0 fully saturated rings. The van der Waals surface area contributed by atoms with Gasteiger partial charge in [-0.1, -0.05) is 136 Å². The van der Waals surface area contributed by atoms with E-state index in [9.17, 15) is 4.79 Å². The third kappa shape index (κ3) is 33.3. The second-order valence-electron chi connectivity index (χ2n) is 10.5. The van der Waals surface area contributed by atoms with Gasteiger partial charge in [-0.15, -0.1) is 0 Å². The van der Waals surface area contributed by atoms with Gasteiger partial charge in [0.15, 0.2) is 0 Å².